The van der Waals surface area contributed by atoms with E-state index in [-0.39, 0.29) is 28.7 Å². The third-order valence-corrected chi connectivity index (χ3v) is 6.71. The molecule has 1 aliphatic rings. The predicted molar refractivity (Wildman–Crippen MR) is 108 cm³/mol. The van der Waals surface area contributed by atoms with Crippen molar-refractivity contribution in [2.24, 2.45) is 0 Å². The van der Waals surface area contributed by atoms with E-state index in [1.54, 1.807) is 0 Å². The molecule has 0 spiro atoms. The summed E-state index contributed by atoms with van der Waals surface area (Å²) in [5.41, 5.74) is -0.00997. The quantitative estimate of drug-likeness (QED) is 0.368. The van der Waals surface area contributed by atoms with Gasteiger partial charge < -0.3 is 5.32 Å². The van der Waals surface area contributed by atoms with Crippen molar-refractivity contribution in [3.8, 4) is 0 Å². The summed E-state index contributed by atoms with van der Waals surface area (Å²) in [5, 5.41) is 11.4. The Morgan fingerprint density at radius 2 is 2.07 bits per heavy atom. The second-order valence-electron chi connectivity index (χ2n) is 6.06. The molecule has 1 unspecified atom stereocenters. The number of carbonyl (C=O) groups excluding carboxylic acids is 3. The van der Waals surface area contributed by atoms with Crippen LogP contribution >= 0.6 is 23.4 Å². The second-order valence-corrected chi connectivity index (χ2v) is 9.83. The van der Waals surface area contributed by atoms with E-state index in [9.17, 15) is 32.9 Å². The lowest BCUT2D eigenvalue weighted by Gasteiger charge is -2.14. The Labute approximate surface area is 175 Å². The average molecular weight is 462 g/mol. The average Bonchev–Trinajstić information content (AvgIpc) is 2.88. The summed E-state index contributed by atoms with van der Waals surface area (Å²) >= 11 is 6.40. The van der Waals surface area contributed by atoms with Crippen LogP contribution in [0.5, 0.6) is 0 Å². The van der Waals surface area contributed by atoms with Crippen molar-refractivity contribution >= 4 is 62.0 Å². The fraction of sp³-hybridized carbons (Fsp3) is 0.312. The van der Waals surface area contributed by atoms with Gasteiger partial charge in [-0.15, -0.1) is 0 Å². The maximum absolute atomic E-state index is 12.4. The SMILES string of the molecule is CC(C(=O)NCCN1C(=O)S/C(=C/c2ccc(Cl)c([N+](=O)[O-])c2)C1=O)S(C)(=O)=O. The zero-order valence-corrected chi connectivity index (χ0v) is 17.6. The van der Waals surface area contributed by atoms with E-state index in [4.69, 9.17) is 11.6 Å². The first-order valence-corrected chi connectivity index (χ1v) is 11.2. The summed E-state index contributed by atoms with van der Waals surface area (Å²) in [6.07, 6.45) is 2.26. The topological polar surface area (TPSA) is 144 Å². The Morgan fingerprint density at radius 1 is 1.41 bits per heavy atom. The minimum atomic E-state index is -3.56. The van der Waals surface area contributed by atoms with E-state index in [0.717, 1.165) is 11.2 Å². The fourth-order valence-corrected chi connectivity index (χ4v) is 3.76. The van der Waals surface area contributed by atoms with Crippen molar-refractivity contribution in [1.29, 1.82) is 0 Å². The number of hydrogen-bond donors (Lipinski definition) is 1. The highest BCUT2D eigenvalue weighted by Gasteiger charge is 2.35. The Bertz CT molecular complexity index is 1020. The van der Waals surface area contributed by atoms with Gasteiger partial charge in [0.05, 0.1) is 9.83 Å². The number of nitro groups is 1. The summed E-state index contributed by atoms with van der Waals surface area (Å²) in [4.78, 5) is 47.5. The van der Waals surface area contributed by atoms with Crippen LogP contribution in [-0.4, -0.2) is 59.9 Å². The number of imide groups is 1. The van der Waals surface area contributed by atoms with Gasteiger partial charge in [-0.3, -0.25) is 29.4 Å². The standard InChI is InChI=1S/C16H16ClN3O7S2/c1-9(29(2,26)27)14(21)18-5-6-19-15(22)13(28-16(19)23)8-10-3-4-11(17)12(7-10)20(24)25/h3-4,7-9H,5-6H2,1-2H3,(H,18,21)/b13-8+. The first-order valence-electron chi connectivity index (χ1n) is 8.07. The van der Waals surface area contributed by atoms with Crippen molar-refractivity contribution in [2.75, 3.05) is 19.3 Å². The Kier molecular flexibility index (Phi) is 7.03. The number of nitrogens with zero attached hydrogens (tertiary/aromatic N) is 2. The molecule has 1 fully saturated rings. The molecule has 0 aromatic heterocycles. The highest BCUT2D eigenvalue weighted by molar-refractivity contribution is 8.18. The van der Waals surface area contributed by atoms with Gasteiger partial charge >= 0.3 is 0 Å². The van der Waals surface area contributed by atoms with Gasteiger partial charge in [-0.1, -0.05) is 17.7 Å². The molecule has 156 valence electrons. The summed E-state index contributed by atoms with van der Waals surface area (Å²) in [7, 11) is -3.56. The smallest absolute Gasteiger partial charge is 0.293 e. The lowest BCUT2D eigenvalue weighted by Crippen LogP contribution is -2.42. The molecule has 0 aliphatic carbocycles. The minimum Gasteiger partial charge on any atom is -0.353 e. The van der Waals surface area contributed by atoms with Crippen LogP contribution in [-0.2, 0) is 19.4 Å². The number of thioether (sulfide) groups is 1. The molecule has 0 bridgehead atoms. The maximum atomic E-state index is 12.4. The highest BCUT2D eigenvalue weighted by Crippen LogP contribution is 2.33. The molecule has 1 heterocycles. The van der Waals surface area contributed by atoms with Crippen LogP contribution in [0.4, 0.5) is 10.5 Å². The van der Waals surface area contributed by atoms with Gasteiger partial charge in [0.2, 0.25) is 5.91 Å². The molecule has 1 atom stereocenters. The van der Waals surface area contributed by atoms with Crippen LogP contribution in [0.15, 0.2) is 23.1 Å². The zero-order valence-electron chi connectivity index (χ0n) is 15.2. The third-order valence-electron chi connectivity index (χ3n) is 3.98. The van der Waals surface area contributed by atoms with Gasteiger partial charge in [-0.25, -0.2) is 8.42 Å². The van der Waals surface area contributed by atoms with Crippen LogP contribution in [0.2, 0.25) is 5.02 Å². The number of rotatable bonds is 7. The highest BCUT2D eigenvalue weighted by atomic mass is 35.5. The zero-order chi connectivity index (χ0) is 21.9. The van der Waals surface area contributed by atoms with Crippen molar-refractivity contribution in [3.05, 3.63) is 43.8 Å². The molecular weight excluding hydrogens is 446 g/mol. The van der Waals surface area contributed by atoms with Crippen LogP contribution < -0.4 is 5.32 Å². The third kappa shape index (κ3) is 5.55. The van der Waals surface area contributed by atoms with Gasteiger partial charge in [0.25, 0.3) is 16.8 Å². The first-order chi connectivity index (χ1) is 13.4. The van der Waals surface area contributed by atoms with Gasteiger partial charge in [-0.05, 0) is 36.4 Å². The van der Waals surface area contributed by atoms with Crippen LogP contribution in [0, 0.1) is 10.1 Å². The number of nitrogens with one attached hydrogen (secondary N) is 1. The van der Waals surface area contributed by atoms with E-state index < -0.39 is 37.1 Å². The van der Waals surface area contributed by atoms with E-state index in [2.05, 4.69) is 5.32 Å². The number of sulfone groups is 1. The van der Waals surface area contributed by atoms with Gasteiger partial charge in [-0.2, -0.15) is 0 Å². The number of hydrogen-bond acceptors (Lipinski definition) is 8. The second kappa shape index (κ2) is 8.93. The number of amides is 3. The molecule has 10 nitrogen and oxygen atoms in total. The van der Waals surface area contributed by atoms with E-state index >= 15 is 0 Å². The van der Waals surface area contributed by atoms with Crippen molar-refractivity contribution in [3.63, 3.8) is 0 Å². The van der Waals surface area contributed by atoms with Gasteiger partial charge in [0.15, 0.2) is 9.84 Å². The summed E-state index contributed by atoms with van der Waals surface area (Å²) in [6.45, 7) is 0.972. The van der Waals surface area contributed by atoms with E-state index in [0.29, 0.717) is 17.3 Å². The molecule has 1 aliphatic heterocycles. The molecule has 0 saturated carbocycles. The normalized spacial score (nSPS) is 16.9. The van der Waals surface area contributed by atoms with Crippen LogP contribution in [0.25, 0.3) is 6.08 Å². The molecule has 1 saturated heterocycles. The van der Waals surface area contributed by atoms with Crippen molar-refractivity contribution < 1.29 is 27.7 Å². The monoisotopic (exact) mass is 461 g/mol. The van der Waals surface area contributed by atoms with Crippen molar-refractivity contribution in [1.82, 2.24) is 10.2 Å². The lowest BCUT2D eigenvalue weighted by molar-refractivity contribution is -0.384. The molecule has 0 radical (unpaired) electrons. The molecule has 13 heteroatoms. The van der Waals surface area contributed by atoms with Crippen LogP contribution in [0.1, 0.15) is 12.5 Å². The molecule has 29 heavy (non-hydrogen) atoms. The van der Waals surface area contributed by atoms with E-state index in [1.807, 2.05) is 0 Å². The Balaban J connectivity index is 2.06. The molecule has 1 N–H and O–H groups in total. The summed E-state index contributed by atoms with van der Waals surface area (Å²) < 4.78 is 22.7. The minimum absolute atomic E-state index is 0.0562. The predicted octanol–water partition coefficient (Wildman–Crippen LogP) is 1.83. The Morgan fingerprint density at radius 3 is 2.66 bits per heavy atom. The molecule has 3 amide bonds. The molecule has 1 aromatic rings. The lowest BCUT2D eigenvalue weighted by atomic mass is 10.2. The molecule has 1 aromatic carbocycles. The van der Waals surface area contributed by atoms with Gasteiger partial charge in [0, 0.05) is 25.4 Å². The van der Waals surface area contributed by atoms with Crippen molar-refractivity contribution in [2.45, 2.75) is 12.2 Å². The Hall–Kier alpha value is -2.44. The number of carbonyl (C=O) groups is 3. The van der Waals surface area contributed by atoms with E-state index in [1.165, 1.54) is 31.2 Å². The number of nitro benzene ring substituents is 1. The van der Waals surface area contributed by atoms with Gasteiger partial charge in [0.1, 0.15) is 10.3 Å². The number of benzene rings is 1. The first kappa shape index (κ1) is 22.8. The number of halogens is 1. The summed E-state index contributed by atoms with van der Waals surface area (Å²) in [6, 6.07) is 3.97. The summed E-state index contributed by atoms with van der Waals surface area (Å²) in [5.74, 6) is -1.36. The molecule has 2 rings (SSSR count). The largest absolute Gasteiger partial charge is 0.353 e. The fourth-order valence-electron chi connectivity index (χ4n) is 2.23. The van der Waals surface area contributed by atoms with Crippen LogP contribution in [0.3, 0.4) is 0 Å². The maximum Gasteiger partial charge on any atom is 0.293 e. The molecular formula is C16H16ClN3O7S2.